The number of phenols is 1. The Bertz CT molecular complexity index is 1180. The number of benzene rings is 3. The van der Waals surface area contributed by atoms with Crippen molar-refractivity contribution in [1.82, 2.24) is 0 Å². The second-order valence-corrected chi connectivity index (χ2v) is 9.92. The lowest BCUT2D eigenvalue weighted by Crippen LogP contribution is -2.27. The number of benzodiazepines with no additional fused rings is 1. The van der Waals surface area contributed by atoms with E-state index in [2.05, 4.69) is 38.2 Å². The molecule has 4 nitrogen and oxygen atoms in total. The number of phenolic OH excluding ortho intramolecular Hbond substituents is 1. The molecular weight excluding hydrogens is 420 g/mol. The number of aromatic hydroxyl groups is 1. The van der Waals surface area contributed by atoms with Gasteiger partial charge in [0.05, 0.1) is 11.4 Å². The van der Waals surface area contributed by atoms with Gasteiger partial charge in [-0.3, -0.25) is 9.79 Å². The topological polar surface area (TPSA) is 61.7 Å². The highest BCUT2D eigenvalue weighted by Crippen LogP contribution is 2.29. The molecule has 1 unspecified atom stereocenters. The number of anilines is 1. The fraction of sp³-hybridized carbons (Fsp3) is 0.259. The Balaban J connectivity index is 1.74. The number of nitrogens with one attached hydrogen (secondary N) is 1. The Kier molecular flexibility index (Phi) is 6.07. The molecule has 0 saturated heterocycles. The fourth-order valence-corrected chi connectivity index (χ4v) is 4.18. The summed E-state index contributed by atoms with van der Waals surface area (Å²) < 4.78 is 0. The van der Waals surface area contributed by atoms with Crippen LogP contribution in [0.4, 0.5) is 5.69 Å². The number of aliphatic imine (C=N–C) groups is 1. The molecule has 1 heterocycles. The predicted octanol–water partition coefficient (Wildman–Crippen LogP) is 6.04. The van der Waals surface area contributed by atoms with Gasteiger partial charge in [0.25, 0.3) is 0 Å². The van der Waals surface area contributed by atoms with Crippen LogP contribution < -0.4 is 5.32 Å². The first-order valence-corrected chi connectivity index (χ1v) is 11.1. The molecule has 2 N–H and O–H groups in total. The monoisotopic (exact) mass is 446 g/mol. The summed E-state index contributed by atoms with van der Waals surface area (Å²) in [5.74, 6) is 0.0271. The first-order chi connectivity index (χ1) is 15.2. The second kappa shape index (κ2) is 8.79. The van der Waals surface area contributed by atoms with Crippen molar-refractivity contribution in [2.75, 3.05) is 5.32 Å². The summed E-state index contributed by atoms with van der Waals surface area (Å²) in [5.41, 5.74) is 5.44. The maximum atomic E-state index is 13.1. The smallest absolute Gasteiger partial charge is 0.249 e. The van der Waals surface area contributed by atoms with Crippen molar-refractivity contribution in [2.45, 2.75) is 39.7 Å². The highest BCUT2D eigenvalue weighted by Gasteiger charge is 2.26. The van der Waals surface area contributed by atoms with E-state index in [0.29, 0.717) is 22.8 Å². The van der Waals surface area contributed by atoms with E-state index in [0.717, 1.165) is 23.1 Å². The van der Waals surface area contributed by atoms with Crippen molar-refractivity contribution in [1.29, 1.82) is 0 Å². The zero-order valence-electron chi connectivity index (χ0n) is 18.5. The minimum absolute atomic E-state index is 0.149. The fourth-order valence-electron chi connectivity index (χ4n) is 4.01. The van der Waals surface area contributed by atoms with Crippen LogP contribution in [0.1, 0.15) is 43.0 Å². The minimum Gasteiger partial charge on any atom is -0.508 e. The molecule has 0 fully saturated rings. The van der Waals surface area contributed by atoms with Crippen LogP contribution in [0.5, 0.6) is 5.75 Å². The molecule has 1 amide bonds. The quantitative estimate of drug-likeness (QED) is 0.513. The molecule has 0 bridgehead atoms. The Morgan fingerprint density at radius 3 is 2.44 bits per heavy atom. The predicted molar refractivity (Wildman–Crippen MR) is 131 cm³/mol. The normalized spacial score (nSPS) is 16.1. The number of carbonyl (C=O) groups excluding carboxylic acids is 1. The molecule has 4 rings (SSSR count). The Hall–Kier alpha value is -3.11. The van der Waals surface area contributed by atoms with Gasteiger partial charge in [0.1, 0.15) is 11.8 Å². The van der Waals surface area contributed by atoms with Gasteiger partial charge in [-0.1, -0.05) is 56.6 Å². The van der Waals surface area contributed by atoms with Crippen molar-refractivity contribution >= 4 is 28.9 Å². The summed E-state index contributed by atoms with van der Waals surface area (Å²) in [4.78, 5) is 18.0. The van der Waals surface area contributed by atoms with E-state index in [9.17, 15) is 9.90 Å². The van der Waals surface area contributed by atoms with Gasteiger partial charge in [-0.25, -0.2) is 0 Å². The van der Waals surface area contributed by atoms with Crippen molar-refractivity contribution in [3.63, 3.8) is 0 Å². The van der Waals surface area contributed by atoms with Crippen LogP contribution in [-0.2, 0) is 17.6 Å². The van der Waals surface area contributed by atoms with Crippen LogP contribution in [0, 0.1) is 5.41 Å². The molecular formula is C27H27ClN2O2. The van der Waals surface area contributed by atoms with Crippen LogP contribution in [-0.4, -0.2) is 22.8 Å². The van der Waals surface area contributed by atoms with Gasteiger partial charge in [-0.15, -0.1) is 0 Å². The molecule has 0 saturated carbocycles. The van der Waals surface area contributed by atoms with E-state index in [1.807, 2.05) is 18.2 Å². The Labute approximate surface area is 194 Å². The first kappa shape index (κ1) is 22.1. The van der Waals surface area contributed by atoms with E-state index in [4.69, 9.17) is 16.6 Å². The highest BCUT2D eigenvalue weighted by atomic mass is 35.5. The minimum atomic E-state index is -0.588. The van der Waals surface area contributed by atoms with Crippen LogP contribution >= 0.6 is 11.6 Å². The number of halogens is 1. The third kappa shape index (κ3) is 5.20. The SMILES string of the molecule is CC(C)(C)Cc1cccc(CC2N=C(c3ccc(O)cc3)c3cc(Cl)ccc3NC2=O)c1. The number of nitrogens with zero attached hydrogens (tertiary/aromatic N) is 1. The first-order valence-electron chi connectivity index (χ1n) is 10.7. The Morgan fingerprint density at radius 2 is 1.72 bits per heavy atom. The van der Waals surface area contributed by atoms with Gasteiger partial charge in [0.15, 0.2) is 0 Å². The largest absolute Gasteiger partial charge is 0.508 e. The molecule has 1 aliphatic rings. The van der Waals surface area contributed by atoms with E-state index in [1.165, 1.54) is 5.56 Å². The van der Waals surface area contributed by atoms with E-state index in [1.54, 1.807) is 36.4 Å². The maximum absolute atomic E-state index is 13.1. The highest BCUT2D eigenvalue weighted by molar-refractivity contribution is 6.32. The van der Waals surface area contributed by atoms with Gasteiger partial charge in [-0.05, 0) is 65.4 Å². The van der Waals surface area contributed by atoms with Gasteiger partial charge in [-0.2, -0.15) is 0 Å². The van der Waals surface area contributed by atoms with Crippen LogP contribution in [0.25, 0.3) is 0 Å². The molecule has 0 aromatic heterocycles. The molecule has 0 aliphatic carbocycles. The number of rotatable bonds is 4. The molecule has 5 heteroatoms. The average Bonchev–Trinajstić information content (AvgIpc) is 2.84. The molecule has 32 heavy (non-hydrogen) atoms. The van der Waals surface area contributed by atoms with Gasteiger partial charge in [0, 0.05) is 22.6 Å². The van der Waals surface area contributed by atoms with Crippen LogP contribution in [0.15, 0.2) is 71.7 Å². The number of hydrogen-bond donors (Lipinski definition) is 2. The van der Waals surface area contributed by atoms with E-state index >= 15 is 0 Å². The maximum Gasteiger partial charge on any atom is 0.249 e. The summed E-state index contributed by atoms with van der Waals surface area (Å²) in [5, 5.41) is 13.3. The molecule has 1 aliphatic heterocycles. The zero-order valence-corrected chi connectivity index (χ0v) is 19.3. The van der Waals surface area contributed by atoms with Gasteiger partial charge < -0.3 is 10.4 Å². The number of hydrogen-bond acceptors (Lipinski definition) is 3. The van der Waals surface area contributed by atoms with Crippen molar-refractivity contribution in [3.8, 4) is 5.75 Å². The van der Waals surface area contributed by atoms with Gasteiger partial charge >= 0.3 is 0 Å². The molecule has 1 atom stereocenters. The molecule has 164 valence electrons. The summed E-state index contributed by atoms with van der Waals surface area (Å²) in [6.45, 7) is 6.65. The Morgan fingerprint density at radius 1 is 1.00 bits per heavy atom. The van der Waals surface area contributed by atoms with Crippen LogP contribution in [0.3, 0.4) is 0 Å². The summed E-state index contributed by atoms with van der Waals surface area (Å²) in [6.07, 6.45) is 1.46. The van der Waals surface area contributed by atoms with Crippen molar-refractivity contribution < 1.29 is 9.90 Å². The van der Waals surface area contributed by atoms with Crippen molar-refractivity contribution in [2.24, 2.45) is 10.4 Å². The summed E-state index contributed by atoms with van der Waals surface area (Å²) in [6, 6.07) is 20.0. The van der Waals surface area contributed by atoms with Crippen LogP contribution in [0.2, 0.25) is 5.02 Å². The molecule has 3 aromatic rings. The third-order valence-corrected chi connectivity index (χ3v) is 5.61. The van der Waals surface area contributed by atoms with E-state index < -0.39 is 6.04 Å². The average molecular weight is 447 g/mol. The molecule has 0 spiro atoms. The lowest BCUT2D eigenvalue weighted by Gasteiger charge is -2.19. The van der Waals surface area contributed by atoms with E-state index in [-0.39, 0.29) is 17.1 Å². The lowest BCUT2D eigenvalue weighted by atomic mass is 9.87. The summed E-state index contributed by atoms with van der Waals surface area (Å²) >= 11 is 6.27. The number of carbonyl (C=O) groups is 1. The lowest BCUT2D eigenvalue weighted by molar-refractivity contribution is -0.117. The second-order valence-electron chi connectivity index (χ2n) is 9.48. The zero-order chi connectivity index (χ0) is 22.9. The standard InChI is InChI=1S/C27H27ClN2O2/c1-27(2,3)16-18-6-4-5-17(13-18)14-24-26(32)30-23-12-9-20(28)15-22(23)25(29-24)19-7-10-21(31)11-8-19/h4-13,15,24,31H,14,16H2,1-3H3,(H,30,32). The number of amides is 1. The van der Waals surface area contributed by atoms with Crippen molar-refractivity contribution in [3.05, 3.63) is 94.0 Å². The van der Waals surface area contributed by atoms with Gasteiger partial charge in [0.2, 0.25) is 5.91 Å². The number of fused-ring (bicyclic) bond motifs is 1. The molecule has 0 radical (unpaired) electrons. The third-order valence-electron chi connectivity index (χ3n) is 5.38. The summed E-state index contributed by atoms with van der Waals surface area (Å²) in [7, 11) is 0. The molecule has 3 aromatic carbocycles.